The van der Waals surface area contributed by atoms with Gasteiger partial charge < -0.3 is 15.8 Å². The van der Waals surface area contributed by atoms with E-state index in [0.29, 0.717) is 19.6 Å². The zero-order valence-electron chi connectivity index (χ0n) is 8.67. The monoisotopic (exact) mass is 188 g/mol. The van der Waals surface area contributed by atoms with Crippen molar-refractivity contribution < 1.29 is 9.53 Å². The molecule has 0 radical (unpaired) electrons. The number of ether oxygens (including phenoxy) is 1. The van der Waals surface area contributed by atoms with Gasteiger partial charge in [-0.15, -0.1) is 0 Å². The molecule has 0 spiro atoms. The van der Waals surface area contributed by atoms with E-state index < -0.39 is 0 Å². The van der Waals surface area contributed by atoms with E-state index in [1.165, 1.54) is 0 Å². The van der Waals surface area contributed by atoms with Crippen LogP contribution >= 0.6 is 0 Å². The first-order valence-electron chi connectivity index (χ1n) is 4.58. The first-order valence-corrected chi connectivity index (χ1v) is 4.58. The molecule has 2 atom stereocenters. The summed E-state index contributed by atoms with van der Waals surface area (Å²) in [4.78, 5) is 11.3. The van der Waals surface area contributed by atoms with E-state index in [2.05, 4.69) is 5.32 Å². The van der Waals surface area contributed by atoms with Gasteiger partial charge in [0.2, 0.25) is 5.91 Å². The number of methoxy groups -OCH3 is 1. The van der Waals surface area contributed by atoms with Gasteiger partial charge in [0.05, 0.1) is 0 Å². The summed E-state index contributed by atoms with van der Waals surface area (Å²) in [5.74, 6) is 0.303. The lowest BCUT2D eigenvalue weighted by Gasteiger charge is -2.14. The van der Waals surface area contributed by atoms with Gasteiger partial charge in [-0.2, -0.15) is 0 Å². The van der Waals surface area contributed by atoms with Crippen LogP contribution in [0.3, 0.4) is 0 Å². The van der Waals surface area contributed by atoms with Gasteiger partial charge in [0.1, 0.15) is 0 Å². The van der Waals surface area contributed by atoms with Crippen LogP contribution in [0.5, 0.6) is 0 Å². The number of hydrogen-bond acceptors (Lipinski definition) is 3. The molecule has 0 rings (SSSR count). The molecule has 3 N–H and O–H groups in total. The molecule has 0 aliphatic rings. The summed E-state index contributed by atoms with van der Waals surface area (Å²) in [5, 5.41) is 2.80. The largest absolute Gasteiger partial charge is 0.384 e. The Morgan fingerprint density at radius 1 is 1.54 bits per heavy atom. The second-order valence-corrected chi connectivity index (χ2v) is 3.47. The molecule has 0 saturated carbocycles. The zero-order chi connectivity index (χ0) is 10.3. The van der Waals surface area contributed by atoms with Crippen LogP contribution in [0.4, 0.5) is 0 Å². The van der Waals surface area contributed by atoms with Crippen molar-refractivity contribution in [2.24, 2.45) is 11.7 Å². The maximum Gasteiger partial charge on any atom is 0.220 e. The maximum absolute atomic E-state index is 11.3. The molecule has 2 unspecified atom stereocenters. The third-order valence-electron chi connectivity index (χ3n) is 1.75. The molecule has 0 aromatic carbocycles. The van der Waals surface area contributed by atoms with E-state index in [-0.39, 0.29) is 17.9 Å². The van der Waals surface area contributed by atoms with Gasteiger partial charge in [0, 0.05) is 32.7 Å². The van der Waals surface area contributed by atoms with Gasteiger partial charge in [0.25, 0.3) is 0 Å². The summed E-state index contributed by atoms with van der Waals surface area (Å²) in [7, 11) is 1.64. The normalized spacial score (nSPS) is 15.1. The third-order valence-corrected chi connectivity index (χ3v) is 1.75. The molecular formula is C9H20N2O2. The maximum atomic E-state index is 11.3. The SMILES string of the molecule is COCC(C)CC(=O)NC(C)CN. The summed E-state index contributed by atoms with van der Waals surface area (Å²) in [6.07, 6.45) is 0.498. The highest BCUT2D eigenvalue weighted by atomic mass is 16.5. The number of carbonyl (C=O) groups is 1. The van der Waals surface area contributed by atoms with Gasteiger partial charge in [-0.05, 0) is 12.8 Å². The number of nitrogens with two attached hydrogens (primary N) is 1. The Bertz CT molecular complexity index is 151. The van der Waals surface area contributed by atoms with E-state index in [1.54, 1.807) is 7.11 Å². The molecule has 13 heavy (non-hydrogen) atoms. The van der Waals surface area contributed by atoms with E-state index in [4.69, 9.17) is 10.5 Å². The molecule has 0 bridgehead atoms. The molecule has 1 amide bonds. The minimum atomic E-state index is 0.0440. The fourth-order valence-corrected chi connectivity index (χ4v) is 1.05. The summed E-state index contributed by atoms with van der Waals surface area (Å²) in [6.45, 7) is 4.96. The van der Waals surface area contributed by atoms with Crippen molar-refractivity contribution >= 4 is 5.91 Å². The average Bonchev–Trinajstić information content (AvgIpc) is 2.04. The fourth-order valence-electron chi connectivity index (χ4n) is 1.05. The topological polar surface area (TPSA) is 64.3 Å². The van der Waals surface area contributed by atoms with Crippen molar-refractivity contribution in [3.8, 4) is 0 Å². The van der Waals surface area contributed by atoms with Gasteiger partial charge in [0.15, 0.2) is 0 Å². The number of carbonyl (C=O) groups excluding carboxylic acids is 1. The summed E-state index contributed by atoms with van der Waals surface area (Å²) < 4.78 is 4.93. The van der Waals surface area contributed by atoms with Gasteiger partial charge in [-0.25, -0.2) is 0 Å². The van der Waals surface area contributed by atoms with Crippen LogP contribution in [-0.4, -0.2) is 32.2 Å². The molecule has 0 fully saturated rings. The van der Waals surface area contributed by atoms with Crippen LogP contribution in [0.2, 0.25) is 0 Å². The predicted octanol–water partition coefficient (Wildman–Crippen LogP) is 0.122. The predicted molar refractivity (Wildman–Crippen MR) is 52.3 cm³/mol. The Labute approximate surface area is 79.8 Å². The van der Waals surface area contributed by atoms with Crippen molar-refractivity contribution in [3.63, 3.8) is 0 Å². The minimum absolute atomic E-state index is 0.0440. The van der Waals surface area contributed by atoms with Crippen LogP contribution in [0.1, 0.15) is 20.3 Å². The molecule has 0 aliphatic heterocycles. The fraction of sp³-hybridized carbons (Fsp3) is 0.889. The third kappa shape index (κ3) is 6.54. The van der Waals surface area contributed by atoms with Gasteiger partial charge in [-0.3, -0.25) is 4.79 Å². The highest BCUT2D eigenvalue weighted by Crippen LogP contribution is 2.01. The van der Waals surface area contributed by atoms with E-state index in [9.17, 15) is 4.79 Å². The number of nitrogens with one attached hydrogen (secondary N) is 1. The van der Waals surface area contributed by atoms with Crippen LogP contribution < -0.4 is 11.1 Å². The molecule has 0 saturated heterocycles. The van der Waals surface area contributed by atoms with Crippen molar-refractivity contribution in [2.75, 3.05) is 20.3 Å². The molecule has 4 heteroatoms. The number of hydrogen-bond donors (Lipinski definition) is 2. The summed E-state index contributed by atoms with van der Waals surface area (Å²) in [6, 6.07) is 0.0576. The standard InChI is InChI=1S/C9H20N2O2/c1-7(6-13-3)4-9(12)11-8(2)5-10/h7-8H,4-6,10H2,1-3H3,(H,11,12). The molecule has 0 aliphatic carbocycles. The first-order chi connectivity index (χ1) is 6.10. The average molecular weight is 188 g/mol. The second-order valence-electron chi connectivity index (χ2n) is 3.47. The molecular weight excluding hydrogens is 168 g/mol. The number of rotatable bonds is 6. The van der Waals surface area contributed by atoms with Crippen molar-refractivity contribution in [3.05, 3.63) is 0 Å². The molecule has 78 valence electrons. The Kier molecular flexibility index (Phi) is 6.54. The lowest BCUT2D eigenvalue weighted by molar-refractivity contribution is -0.122. The number of amides is 1. The van der Waals surface area contributed by atoms with Crippen LogP contribution in [0.15, 0.2) is 0 Å². The van der Waals surface area contributed by atoms with E-state index in [0.717, 1.165) is 0 Å². The summed E-state index contributed by atoms with van der Waals surface area (Å²) in [5.41, 5.74) is 5.37. The van der Waals surface area contributed by atoms with Crippen LogP contribution in [0, 0.1) is 5.92 Å². The zero-order valence-corrected chi connectivity index (χ0v) is 8.67. The molecule has 0 aromatic rings. The van der Waals surface area contributed by atoms with Crippen LogP contribution in [-0.2, 0) is 9.53 Å². The van der Waals surface area contributed by atoms with Crippen molar-refractivity contribution in [1.29, 1.82) is 0 Å². The smallest absolute Gasteiger partial charge is 0.220 e. The quantitative estimate of drug-likeness (QED) is 0.622. The highest BCUT2D eigenvalue weighted by Gasteiger charge is 2.10. The Morgan fingerprint density at radius 3 is 2.62 bits per heavy atom. The molecule has 0 heterocycles. The van der Waals surface area contributed by atoms with Crippen molar-refractivity contribution in [2.45, 2.75) is 26.3 Å². The van der Waals surface area contributed by atoms with E-state index in [1.807, 2.05) is 13.8 Å². The highest BCUT2D eigenvalue weighted by molar-refractivity contribution is 5.76. The molecule has 0 aromatic heterocycles. The first kappa shape index (κ1) is 12.4. The lowest BCUT2D eigenvalue weighted by Crippen LogP contribution is -2.38. The molecule has 4 nitrogen and oxygen atoms in total. The van der Waals surface area contributed by atoms with Crippen molar-refractivity contribution in [1.82, 2.24) is 5.32 Å². The minimum Gasteiger partial charge on any atom is -0.384 e. The van der Waals surface area contributed by atoms with Crippen LogP contribution in [0.25, 0.3) is 0 Å². The van der Waals surface area contributed by atoms with Gasteiger partial charge in [-0.1, -0.05) is 6.92 Å². The Morgan fingerprint density at radius 2 is 2.15 bits per heavy atom. The van der Waals surface area contributed by atoms with E-state index >= 15 is 0 Å². The second kappa shape index (κ2) is 6.86. The Hall–Kier alpha value is -0.610. The van der Waals surface area contributed by atoms with Gasteiger partial charge >= 0.3 is 0 Å². The lowest BCUT2D eigenvalue weighted by atomic mass is 10.1. The summed E-state index contributed by atoms with van der Waals surface area (Å²) >= 11 is 0. The Balaban J connectivity index is 3.61.